The van der Waals surface area contributed by atoms with Gasteiger partial charge in [-0.05, 0) is 49.4 Å². The van der Waals surface area contributed by atoms with Gasteiger partial charge in [-0.1, -0.05) is 19.3 Å². The normalized spacial score (nSPS) is 20.1. The van der Waals surface area contributed by atoms with E-state index >= 15 is 0 Å². The van der Waals surface area contributed by atoms with Crippen LogP contribution < -0.4 is 5.69 Å². The Kier molecular flexibility index (Phi) is 5.11. The Hall–Kier alpha value is -2.96. The number of carbonyl (C=O) groups excluding carboxylic acids is 1. The van der Waals surface area contributed by atoms with E-state index < -0.39 is 0 Å². The molecule has 0 bridgehead atoms. The standard InChI is InChI=1S/C23H27N5O2/c29-22(18-8-4-11-24-14-18)26-13-10-19(16-26)28-21-20(9-5-12-25-21)27(23(28)30)15-17-6-2-1-3-7-17/h4-5,8-9,11-12,14,17,19H,1-3,6-7,10,13,15-16H2/t19-/m1/s1. The van der Waals surface area contributed by atoms with Crippen LogP contribution in [-0.2, 0) is 6.54 Å². The molecule has 1 saturated carbocycles. The molecule has 3 aromatic rings. The topological polar surface area (TPSA) is 73.0 Å². The molecule has 2 fully saturated rings. The highest BCUT2D eigenvalue weighted by Crippen LogP contribution is 2.28. The molecule has 0 radical (unpaired) electrons. The van der Waals surface area contributed by atoms with Crippen molar-refractivity contribution in [1.82, 2.24) is 24.0 Å². The van der Waals surface area contributed by atoms with Gasteiger partial charge in [-0.2, -0.15) is 0 Å². The second-order valence-corrected chi connectivity index (χ2v) is 8.55. The van der Waals surface area contributed by atoms with Crippen LogP contribution >= 0.6 is 0 Å². The summed E-state index contributed by atoms with van der Waals surface area (Å²) in [6.07, 6.45) is 12.0. The zero-order valence-electron chi connectivity index (χ0n) is 17.1. The van der Waals surface area contributed by atoms with Crippen LogP contribution in [0.1, 0.15) is 54.9 Å². The summed E-state index contributed by atoms with van der Waals surface area (Å²) in [5.41, 5.74) is 2.24. The number of likely N-dealkylation sites (tertiary alicyclic amines) is 1. The summed E-state index contributed by atoms with van der Waals surface area (Å²) < 4.78 is 3.75. The molecule has 3 aromatic heterocycles. The van der Waals surface area contributed by atoms with Crippen molar-refractivity contribution in [3.05, 3.63) is 58.9 Å². The van der Waals surface area contributed by atoms with Crippen LogP contribution in [0.3, 0.4) is 0 Å². The lowest BCUT2D eigenvalue weighted by Gasteiger charge is -2.21. The maximum atomic E-state index is 13.5. The van der Waals surface area contributed by atoms with Crippen LogP contribution in [0.4, 0.5) is 0 Å². The molecule has 1 atom stereocenters. The molecule has 5 rings (SSSR count). The zero-order chi connectivity index (χ0) is 20.5. The molecule has 7 heteroatoms. The number of rotatable bonds is 4. The van der Waals surface area contributed by atoms with E-state index in [1.54, 1.807) is 30.7 Å². The van der Waals surface area contributed by atoms with E-state index in [0.29, 0.717) is 24.6 Å². The maximum absolute atomic E-state index is 13.5. The van der Waals surface area contributed by atoms with Gasteiger partial charge < -0.3 is 4.90 Å². The Labute approximate surface area is 175 Å². The van der Waals surface area contributed by atoms with Crippen molar-refractivity contribution in [1.29, 1.82) is 0 Å². The Morgan fingerprint density at radius 2 is 1.90 bits per heavy atom. The van der Waals surface area contributed by atoms with E-state index in [9.17, 15) is 9.59 Å². The van der Waals surface area contributed by atoms with Crippen LogP contribution in [0, 0.1) is 5.92 Å². The van der Waals surface area contributed by atoms with Crippen molar-refractivity contribution < 1.29 is 4.79 Å². The highest BCUT2D eigenvalue weighted by Gasteiger charge is 2.31. The van der Waals surface area contributed by atoms with E-state index in [0.717, 1.165) is 24.1 Å². The Bertz CT molecular complexity index is 1100. The molecule has 0 unspecified atom stereocenters. The molecule has 30 heavy (non-hydrogen) atoms. The summed E-state index contributed by atoms with van der Waals surface area (Å²) in [4.78, 5) is 36.7. The number of fused-ring (bicyclic) bond motifs is 1. The molecule has 1 aliphatic carbocycles. The van der Waals surface area contributed by atoms with Gasteiger partial charge in [-0.25, -0.2) is 9.78 Å². The van der Waals surface area contributed by atoms with Gasteiger partial charge in [0.15, 0.2) is 5.65 Å². The smallest absolute Gasteiger partial charge is 0.330 e. The van der Waals surface area contributed by atoms with Crippen molar-refractivity contribution >= 4 is 17.1 Å². The highest BCUT2D eigenvalue weighted by molar-refractivity contribution is 5.94. The number of pyridine rings is 2. The summed E-state index contributed by atoms with van der Waals surface area (Å²) in [6.45, 7) is 1.92. The van der Waals surface area contributed by atoms with E-state index in [1.807, 2.05) is 26.2 Å². The zero-order valence-corrected chi connectivity index (χ0v) is 17.1. The van der Waals surface area contributed by atoms with Gasteiger partial charge in [0, 0.05) is 38.2 Å². The van der Waals surface area contributed by atoms with Gasteiger partial charge in [0.1, 0.15) is 0 Å². The minimum absolute atomic E-state index is 0.00921. The predicted molar refractivity (Wildman–Crippen MR) is 114 cm³/mol. The number of carbonyl (C=O) groups is 1. The first-order valence-electron chi connectivity index (χ1n) is 11.0. The molecule has 4 heterocycles. The van der Waals surface area contributed by atoms with Gasteiger partial charge >= 0.3 is 5.69 Å². The molecule has 2 aliphatic rings. The minimum atomic E-state index is -0.0527. The van der Waals surface area contributed by atoms with Crippen LogP contribution in [0.25, 0.3) is 11.2 Å². The maximum Gasteiger partial charge on any atom is 0.330 e. The van der Waals surface area contributed by atoms with E-state index in [4.69, 9.17) is 0 Å². The van der Waals surface area contributed by atoms with Crippen LogP contribution in [-0.4, -0.2) is 43.0 Å². The summed E-state index contributed by atoms with van der Waals surface area (Å²) in [6, 6.07) is 7.40. The summed E-state index contributed by atoms with van der Waals surface area (Å²) in [7, 11) is 0. The molecule has 0 aromatic carbocycles. The quantitative estimate of drug-likeness (QED) is 0.668. The summed E-state index contributed by atoms with van der Waals surface area (Å²) >= 11 is 0. The third kappa shape index (κ3) is 3.42. The second kappa shape index (κ2) is 8.05. The van der Waals surface area contributed by atoms with Gasteiger partial charge in [0.25, 0.3) is 5.91 Å². The lowest BCUT2D eigenvalue weighted by Crippen LogP contribution is -2.33. The van der Waals surface area contributed by atoms with Gasteiger partial charge in [0.05, 0.1) is 17.1 Å². The minimum Gasteiger partial charge on any atom is -0.336 e. The van der Waals surface area contributed by atoms with Crippen LogP contribution in [0.2, 0.25) is 0 Å². The number of hydrogen-bond donors (Lipinski definition) is 0. The number of hydrogen-bond acceptors (Lipinski definition) is 4. The largest absolute Gasteiger partial charge is 0.336 e. The number of amides is 1. The Morgan fingerprint density at radius 3 is 2.70 bits per heavy atom. The predicted octanol–water partition coefficient (Wildman–Crippen LogP) is 3.26. The molecule has 0 spiro atoms. The highest BCUT2D eigenvalue weighted by atomic mass is 16.2. The molecular formula is C23H27N5O2. The fourth-order valence-corrected chi connectivity index (χ4v) is 5.05. The molecule has 1 amide bonds. The molecule has 156 valence electrons. The number of aromatic nitrogens is 4. The van der Waals surface area contributed by atoms with Crippen molar-refractivity contribution in [3.8, 4) is 0 Å². The first-order chi connectivity index (χ1) is 14.7. The second-order valence-electron chi connectivity index (χ2n) is 8.55. The summed E-state index contributed by atoms with van der Waals surface area (Å²) in [5, 5.41) is 0. The van der Waals surface area contributed by atoms with Crippen molar-refractivity contribution in [2.75, 3.05) is 13.1 Å². The molecule has 7 nitrogen and oxygen atoms in total. The van der Waals surface area contributed by atoms with Crippen LogP contribution in [0.15, 0.2) is 47.7 Å². The monoisotopic (exact) mass is 405 g/mol. The fraction of sp³-hybridized carbons (Fsp3) is 0.478. The molecular weight excluding hydrogens is 378 g/mol. The van der Waals surface area contributed by atoms with Gasteiger partial charge in [-0.3, -0.25) is 18.9 Å². The van der Waals surface area contributed by atoms with Crippen LogP contribution in [0.5, 0.6) is 0 Å². The van der Waals surface area contributed by atoms with E-state index in [2.05, 4.69) is 9.97 Å². The fourth-order valence-electron chi connectivity index (χ4n) is 5.05. The van der Waals surface area contributed by atoms with Gasteiger partial charge in [-0.15, -0.1) is 0 Å². The van der Waals surface area contributed by atoms with Crippen molar-refractivity contribution in [2.45, 2.75) is 51.1 Å². The number of nitrogens with zero attached hydrogens (tertiary/aromatic N) is 5. The average molecular weight is 406 g/mol. The van der Waals surface area contributed by atoms with Gasteiger partial charge in [0.2, 0.25) is 0 Å². The summed E-state index contributed by atoms with van der Waals surface area (Å²) in [5.74, 6) is 0.528. The lowest BCUT2D eigenvalue weighted by molar-refractivity contribution is 0.0787. The third-order valence-electron chi connectivity index (χ3n) is 6.61. The van der Waals surface area contributed by atoms with E-state index in [-0.39, 0.29) is 17.6 Å². The average Bonchev–Trinajstić information content (AvgIpc) is 3.38. The lowest BCUT2D eigenvalue weighted by atomic mass is 9.89. The first kappa shape index (κ1) is 19.0. The van der Waals surface area contributed by atoms with E-state index in [1.165, 1.54) is 32.1 Å². The number of imidazole rings is 1. The Balaban J connectivity index is 1.44. The van der Waals surface area contributed by atoms with Crippen molar-refractivity contribution in [2.24, 2.45) is 5.92 Å². The van der Waals surface area contributed by atoms with Crippen molar-refractivity contribution in [3.63, 3.8) is 0 Å². The SMILES string of the molecule is O=C(c1cccnc1)N1CC[C@@H](n2c(=O)n(CC3CCCCC3)c3cccnc32)C1. The Morgan fingerprint density at radius 1 is 1.07 bits per heavy atom. The molecule has 1 saturated heterocycles. The molecule has 0 N–H and O–H groups in total. The molecule has 1 aliphatic heterocycles. The first-order valence-corrected chi connectivity index (χ1v) is 11.0. The third-order valence-corrected chi connectivity index (χ3v) is 6.61.